The minimum absolute atomic E-state index is 0.520. The first kappa shape index (κ1) is 17.1. The maximum absolute atomic E-state index is 5.17. The number of hydrogen-bond acceptors (Lipinski definition) is 5. The lowest BCUT2D eigenvalue weighted by Gasteiger charge is -2.06. The van der Waals surface area contributed by atoms with Crippen LogP contribution >= 0.6 is 0 Å². The van der Waals surface area contributed by atoms with Gasteiger partial charge in [0.2, 0.25) is 5.95 Å². The highest BCUT2D eigenvalue weighted by molar-refractivity contribution is 6.12. The average molecular weight is 413 g/mol. The first-order valence-electron chi connectivity index (χ1n) is 10.3. The van der Waals surface area contributed by atoms with E-state index in [4.69, 9.17) is 9.97 Å². The third-order valence-electron chi connectivity index (χ3n) is 5.78. The van der Waals surface area contributed by atoms with Crippen LogP contribution in [0.1, 0.15) is 0 Å². The second-order valence-electron chi connectivity index (χ2n) is 7.55. The molecule has 4 aromatic heterocycles. The van der Waals surface area contributed by atoms with Crippen molar-refractivity contribution in [3.8, 4) is 11.6 Å². The maximum Gasteiger partial charge on any atom is 0.238 e. The van der Waals surface area contributed by atoms with Gasteiger partial charge in [-0.2, -0.15) is 0 Å². The summed E-state index contributed by atoms with van der Waals surface area (Å²) >= 11 is 0. The van der Waals surface area contributed by atoms with Crippen LogP contribution in [0.5, 0.6) is 0 Å². The van der Waals surface area contributed by atoms with Crippen molar-refractivity contribution in [2.45, 2.75) is 0 Å². The van der Waals surface area contributed by atoms with Crippen molar-refractivity contribution >= 4 is 44.1 Å². The Kier molecular flexibility index (Phi) is 3.43. The Morgan fingerprint density at radius 1 is 0.531 bits per heavy atom. The Morgan fingerprint density at radius 3 is 1.72 bits per heavy atom. The molecule has 0 saturated carbocycles. The van der Waals surface area contributed by atoms with E-state index >= 15 is 0 Å². The average Bonchev–Trinajstić information content (AvgIpc) is 3.36. The fourth-order valence-electron chi connectivity index (χ4n) is 4.45. The lowest BCUT2D eigenvalue weighted by molar-refractivity contribution is 0.932. The number of aromatic nitrogens is 7. The van der Waals surface area contributed by atoms with E-state index in [1.54, 1.807) is 0 Å². The van der Waals surface area contributed by atoms with Gasteiger partial charge in [-0.1, -0.05) is 54.6 Å². The number of rotatable bonds is 2. The lowest BCUT2D eigenvalue weighted by atomic mass is 10.2. The molecule has 0 aliphatic rings. The topological polar surface area (TPSA) is 74.3 Å². The Labute approximate surface area is 181 Å². The Morgan fingerprint density at radius 2 is 1.06 bits per heavy atom. The number of nitrogens with zero attached hydrogens (tertiary/aromatic N) is 7. The smallest absolute Gasteiger partial charge is 0.238 e. The third kappa shape index (κ3) is 2.27. The fraction of sp³-hybridized carbons (Fsp3) is 0. The predicted octanol–water partition coefficient (Wildman–Crippen LogP) is 4.86. The van der Waals surface area contributed by atoms with Crippen LogP contribution in [0.25, 0.3) is 55.8 Å². The van der Waals surface area contributed by atoms with Crippen molar-refractivity contribution in [2.24, 2.45) is 0 Å². The van der Waals surface area contributed by atoms with Gasteiger partial charge in [-0.25, -0.2) is 24.9 Å². The van der Waals surface area contributed by atoms with E-state index in [1.165, 1.54) is 12.7 Å². The summed E-state index contributed by atoms with van der Waals surface area (Å²) in [7, 11) is 0. The molecule has 0 fully saturated rings. The first-order chi connectivity index (χ1) is 15.9. The summed E-state index contributed by atoms with van der Waals surface area (Å²) in [4.78, 5) is 23.1. The molecule has 4 heterocycles. The van der Waals surface area contributed by atoms with E-state index in [0.717, 1.165) is 49.8 Å². The van der Waals surface area contributed by atoms with Gasteiger partial charge in [-0.05, 0) is 24.3 Å². The molecule has 0 radical (unpaired) electrons. The minimum Gasteiger partial charge on any atom is -0.293 e. The second-order valence-corrected chi connectivity index (χ2v) is 7.55. The Balaban J connectivity index is 1.71. The third-order valence-corrected chi connectivity index (χ3v) is 5.78. The Bertz CT molecular complexity index is 1630. The van der Waals surface area contributed by atoms with Crippen LogP contribution < -0.4 is 0 Å². The van der Waals surface area contributed by atoms with Gasteiger partial charge in [0.1, 0.15) is 23.7 Å². The summed E-state index contributed by atoms with van der Waals surface area (Å²) in [5.41, 5.74) is 6.27. The molecule has 7 heteroatoms. The highest BCUT2D eigenvalue weighted by atomic mass is 15.2. The molecule has 7 nitrogen and oxygen atoms in total. The standard InChI is InChI=1S/C25H15N7/c1-2-8-16(9-3-1)31-19-12-6-4-10-17(19)21-23(31)29-22-18-11-5-7-13-20(18)32(24(22)30-21)25-27-14-26-15-28-25/h1-15H. The quantitative estimate of drug-likeness (QED) is 0.405. The van der Waals surface area contributed by atoms with Crippen molar-refractivity contribution in [2.75, 3.05) is 0 Å². The van der Waals surface area contributed by atoms with Gasteiger partial charge in [-0.3, -0.25) is 9.13 Å². The van der Waals surface area contributed by atoms with Crippen LogP contribution in [-0.2, 0) is 0 Å². The van der Waals surface area contributed by atoms with Gasteiger partial charge in [-0.15, -0.1) is 0 Å². The summed E-state index contributed by atoms with van der Waals surface area (Å²) in [6.45, 7) is 0. The normalized spacial score (nSPS) is 11.8. The van der Waals surface area contributed by atoms with Crippen molar-refractivity contribution in [3.63, 3.8) is 0 Å². The lowest BCUT2D eigenvalue weighted by Crippen LogP contribution is -2.02. The molecule has 0 aliphatic carbocycles. The van der Waals surface area contributed by atoms with E-state index in [9.17, 15) is 0 Å². The minimum atomic E-state index is 0.520. The van der Waals surface area contributed by atoms with Gasteiger partial charge >= 0.3 is 0 Å². The van der Waals surface area contributed by atoms with Gasteiger partial charge in [0.05, 0.1) is 11.0 Å². The Hall–Kier alpha value is -4.65. The largest absolute Gasteiger partial charge is 0.293 e. The molecule has 3 aromatic carbocycles. The zero-order chi connectivity index (χ0) is 21.1. The van der Waals surface area contributed by atoms with Gasteiger partial charge < -0.3 is 0 Å². The number of para-hydroxylation sites is 3. The summed E-state index contributed by atoms with van der Waals surface area (Å²) in [5.74, 6) is 0.520. The SMILES string of the molecule is c1ccc(-n2c3ccccc3c3nc4c(nc32)c2ccccc2n4-c2ncncn2)cc1. The van der Waals surface area contributed by atoms with Crippen LogP contribution in [-0.4, -0.2) is 34.1 Å². The fourth-order valence-corrected chi connectivity index (χ4v) is 4.45. The van der Waals surface area contributed by atoms with E-state index in [-0.39, 0.29) is 0 Å². The predicted molar refractivity (Wildman–Crippen MR) is 124 cm³/mol. The van der Waals surface area contributed by atoms with E-state index in [1.807, 2.05) is 53.1 Å². The summed E-state index contributed by atoms with van der Waals surface area (Å²) in [5, 5.41) is 2.05. The maximum atomic E-state index is 5.17. The van der Waals surface area contributed by atoms with Gasteiger partial charge in [0.25, 0.3) is 0 Å². The van der Waals surface area contributed by atoms with Crippen molar-refractivity contribution < 1.29 is 0 Å². The number of benzene rings is 3. The molecule has 0 N–H and O–H groups in total. The van der Waals surface area contributed by atoms with Crippen molar-refractivity contribution in [1.29, 1.82) is 0 Å². The molecular formula is C25H15N7. The summed E-state index contributed by atoms with van der Waals surface area (Å²) in [6, 6.07) is 26.6. The number of fused-ring (bicyclic) bond motifs is 6. The molecular weight excluding hydrogens is 398 g/mol. The van der Waals surface area contributed by atoms with E-state index in [0.29, 0.717) is 5.95 Å². The zero-order valence-corrected chi connectivity index (χ0v) is 16.8. The molecule has 0 amide bonds. The molecule has 7 rings (SSSR count). The van der Waals surface area contributed by atoms with Crippen molar-refractivity contribution in [3.05, 3.63) is 91.5 Å². The summed E-state index contributed by atoms with van der Waals surface area (Å²) < 4.78 is 4.12. The van der Waals surface area contributed by atoms with Gasteiger partial charge in [0.15, 0.2) is 11.3 Å². The van der Waals surface area contributed by atoms with Crippen LogP contribution in [0.4, 0.5) is 0 Å². The van der Waals surface area contributed by atoms with Gasteiger partial charge in [0, 0.05) is 16.5 Å². The highest BCUT2D eigenvalue weighted by Crippen LogP contribution is 2.34. The van der Waals surface area contributed by atoms with Crippen LogP contribution in [0.2, 0.25) is 0 Å². The first-order valence-corrected chi connectivity index (χ1v) is 10.3. The highest BCUT2D eigenvalue weighted by Gasteiger charge is 2.21. The molecule has 0 aliphatic heterocycles. The molecule has 32 heavy (non-hydrogen) atoms. The molecule has 0 bridgehead atoms. The molecule has 0 atom stereocenters. The molecule has 0 unspecified atom stereocenters. The number of hydrogen-bond donors (Lipinski definition) is 0. The van der Waals surface area contributed by atoms with E-state index in [2.05, 4.69) is 49.9 Å². The molecule has 0 saturated heterocycles. The second kappa shape index (κ2) is 6.42. The molecule has 0 spiro atoms. The van der Waals surface area contributed by atoms with Crippen LogP contribution in [0, 0.1) is 0 Å². The monoisotopic (exact) mass is 413 g/mol. The van der Waals surface area contributed by atoms with E-state index < -0.39 is 0 Å². The zero-order valence-electron chi connectivity index (χ0n) is 16.8. The molecule has 150 valence electrons. The van der Waals surface area contributed by atoms with Crippen LogP contribution in [0.15, 0.2) is 91.5 Å². The molecule has 7 aromatic rings. The van der Waals surface area contributed by atoms with Crippen molar-refractivity contribution in [1.82, 2.24) is 34.1 Å². The summed E-state index contributed by atoms with van der Waals surface area (Å²) in [6.07, 6.45) is 2.99. The van der Waals surface area contributed by atoms with Crippen LogP contribution in [0.3, 0.4) is 0 Å².